The highest BCUT2D eigenvalue weighted by molar-refractivity contribution is 5.81. The molecule has 0 unspecified atom stereocenters. The molecule has 0 radical (unpaired) electrons. The van der Waals surface area contributed by atoms with Crippen molar-refractivity contribution in [1.29, 1.82) is 0 Å². The smallest absolute Gasteiger partial charge is 0.221 e. The van der Waals surface area contributed by atoms with E-state index in [2.05, 4.69) is 15.0 Å². The van der Waals surface area contributed by atoms with Gasteiger partial charge in [-0.2, -0.15) is 0 Å². The number of aromatic amines is 1. The Kier molecular flexibility index (Phi) is 3.35. The quantitative estimate of drug-likeness (QED) is 0.593. The molecule has 1 aliphatic rings. The van der Waals surface area contributed by atoms with Crippen molar-refractivity contribution in [3.05, 3.63) is 89.8 Å². The molecule has 0 amide bonds. The van der Waals surface area contributed by atoms with Crippen LogP contribution < -0.4 is 0 Å². The van der Waals surface area contributed by atoms with Crippen molar-refractivity contribution in [3.8, 4) is 0 Å². The monoisotopic (exact) mass is 344 g/mol. The molecule has 0 atom stereocenters. The van der Waals surface area contributed by atoms with Gasteiger partial charge in [-0.15, -0.1) is 0 Å². The first-order chi connectivity index (χ1) is 12.8. The summed E-state index contributed by atoms with van der Waals surface area (Å²) in [5.74, 6) is 1.41. The van der Waals surface area contributed by atoms with Crippen molar-refractivity contribution >= 4 is 11.0 Å². The van der Waals surface area contributed by atoms with Crippen molar-refractivity contribution in [1.82, 2.24) is 19.9 Å². The molecule has 1 N–H and O–H groups in total. The molecule has 0 spiro atoms. The summed E-state index contributed by atoms with van der Waals surface area (Å²) in [4.78, 5) is 16.7. The molecule has 0 aliphatic heterocycles. The molecule has 1 fully saturated rings. The maximum Gasteiger partial charge on any atom is 0.221 e. The Morgan fingerprint density at radius 2 is 1.58 bits per heavy atom. The van der Waals surface area contributed by atoms with E-state index >= 15 is 4.39 Å². The van der Waals surface area contributed by atoms with Gasteiger partial charge in [0.1, 0.15) is 5.82 Å². The fourth-order valence-electron chi connectivity index (χ4n) is 3.42. The number of hydrogen-bond acceptors (Lipinski definition) is 3. The van der Waals surface area contributed by atoms with Crippen LogP contribution in [-0.2, 0) is 5.67 Å². The zero-order chi connectivity index (χ0) is 17.6. The summed E-state index contributed by atoms with van der Waals surface area (Å²) in [5, 5.41) is 0. The van der Waals surface area contributed by atoms with Gasteiger partial charge >= 0.3 is 0 Å². The van der Waals surface area contributed by atoms with Crippen LogP contribution in [0.5, 0.6) is 0 Å². The van der Waals surface area contributed by atoms with Crippen molar-refractivity contribution in [3.63, 3.8) is 0 Å². The van der Waals surface area contributed by atoms with Crippen LogP contribution in [0.4, 0.5) is 4.39 Å². The average molecular weight is 344 g/mol. The second-order valence-corrected chi connectivity index (χ2v) is 6.69. The Labute approximate surface area is 150 Å². The van der Waals surface area contributed by atoms with Crippen molar-refractivity contribution < 1.29 is 4.39 Å². The first-order valence-electron chi connectivity index (χ1n) is 8.78. The Morgan fingerprint density at radius 1 is 0.885 bits per heavy atom. The Balaban J connectivity index is 1.79. The molecular weight excluding hydrogens is 327 g/mol. The number of H-pyrrole nitrogens is 1. The summed E-state index contributed by atoms with van der Waals surface area (Å²) in [6, 6.07) is 16.1. The molecule has 4 nitrogen and oxygen atoms in total. The third-order valence-electron chi connectivity index (χ3n) is 4.90. The third-order valence-corrected chi connectivity index (χ3v) is 4.90. The highest BCUT2D eigenvalue weighted by Gasteiger charge is 2.41. The number of nitrogens with one attached hydrogen (secondary N) is 1. The Bertz CT molecular complexity index is 1020. The fraction of sp³-hybridized carbons (Fsp3) is 0.190. The minimum atomic E-state index is -1.97. The highest BCUT2D eigenvalue weighted by Crippen LogP contribution is 2.43. The topological polar surface area (TPSA) is 54.5 Å². The second-order valence-electron chi connectivity index (χ2n) is 6.69. The van der Waals surface area contributed by atoms with E-state index in [4.69, 9.17) is 4.98 Å². The van der Waals surface area contributed by atoms with Gasteiger partial charge in [-0.05, 0) is 43.2 Å². The van der Waals surface area contributed by atoms with E-state index < -0.39 is 5.67 Å². The van der Waals surface area contributed by atoms with E-state index in [0.29, 0.717) is 28.4 Å². The van der Waals surface area contributed by atoms with Crippen LogP contribution in [0.3, 0.4) is 0 Å². The molecule has 1 saturated carbocycles. The molecule has 4 aromatic rings. The SMILES string of the molecule is FC(c1ccccn1)(c1ccccn1)c1cccc2[nH]c(C3CC3)nc12. The average Bonchev–Trinajstić information content (AvgIpc) is 3.47. The molecule has 26 heavy (non-hydrogen) atoms. The van der Waals surface area contributed by atoms with Gasteiger partial charge < -0.3 is 4.98 Å². The summed E-state index contributed by atoms with van der Waals surface area (Å²) in [7, 11) is 0. The predicted octanol–water partition coefficient (Wildman–Crippen LogP) is 4.49. The lowest BCUT2D eigenvalue weighted by Crippen LogP contribution is -2.26. The number of alkyl halides is 1. The van der Waals surface area contributed by atoms with Gasteiger partial charge in [0.25, 0.3) is 0 Å². The van der Waals surface area contributed by atoms with E-state index in [-0.39, 0.29) is 0 Å². The van der Waals surface area contributed by atoms with E-state index in [1.165, 1.54) is 0 Å². The first kappa shape index (κ1) is 15.2. The summed E-state index contributed by atoms with van der Waals surface area (Å²) in [5.41, 5.74) is 0.601. The van der Waals surface area contributed by atoms with Gasteiger partial charge in [0.05, 0.1) is 22.4 Å². The third kappa shape index (κ3) is 2.31. The highest BCUT2D eigenvalue weighted by atomic mass is 19.1. The van der Waals surface area contributed by atoms with Gasteiger partial charge in [-0.3, -0.25) is 9.97 Å². The number of para-hydroxylation sites is 1. The molecule has 5 heteroatoms. The summed E-state index contributed by atoms with van der Waals surface area (Å²) < 4.78 is 16.8. The van der Waals surface area contributed by atoms with E-state index in [9.17, 15) is 0 Å². The van der Waals surface area contributed by atoms with E-state index in [1.54, 1.807) is 54.9 Å². The zero-order valence-electron chi connectivity index (χ0n) is 14.1. The lowest BCUT2D eigenvalue weighted by molar-refractivity contribution is 0.268. The van der Waals surface area contributed by atoms with Crippen LogP contribution >= 0.6 is 0 Å². The van der Waals surface area contributed by atoms with Gasteiger partial charge in [0.2, 0.25) is 5.67 Å². The predicted molar refractivity (Wildman–Crippen MR) is 97.5 cm³/mol. The number of hydrogen-bond donors (Lipinski definition) is 1. The second kappa shape index (κ2) is 5.73. The van der Waals surface area contributed by atoms with Crippen LogP contribution in [0.1, 0.15) is 41.5 Å². The Hall–Kier alpha value is -3.08. The van der Waals surface area contributed by atoms with Crippen LogP contribution in [0, 0.1) is 0 Å². The van der Waals surface area contributed by atoms with E-state index in [1.807, 2.05) is 12.1 Å². The fourth-order valence-corrected chi connectivity index (χ4v) is 3.42. The standard InChI is InChI=1S/C21H17FN4/c22-21(17-8-1-3-12-23-17,18-9-2-4-13-24-18)15-6-5-7-16-19(15)26-20(25-16)14-10-11-14/h1-9,12-14H,10-11H2,(H,25,26). The van der Waals surface area contributed by atoms with Crippen molar-refractivity contribution in [2.45, 2.75) is 24.4 Å². The van der Waals surface area contributed by atoms with Crippen molar-refractivity contribution in [2.75, 3.05) is 0 Å². The number of aromatic nitrogens is 4. The lowest BCUT2D eigenvalue weighted by Gasteiger charge is -2.25. The van der Waals surface area contributed by atoms with Crippen LogP contribution in [-0.4, -0.2) is 19.9 Å². The minimum absolute atomic E-state index is 0.308. The number of imidazole rings is 1. The Morgan fingerprint density at radius 3 is 2.15 bits per heavy atom. The number of fused-ring (bicyclic) bond motifs is 1. The molecule has 1 aromatic carbocycles. The van der Waals surface area contributed by atoms with Gasteiger partial charge in [-0.1, -0.05) is 24.3 Å². The van der Waals surface area contributed by atoms with Gasteiger partial charge in [0, 0.05) is 23.9 Å². The lowest BCUT2D eigenvalue weighted by atomic mass is 9.87. The molecular formula is C21H17FN4. The number of rotatable bonds is 4. The molecule has 5 rings (SSSR count). The molecule has 128 valence electrons. The van der Waals surface area contributed by atoms with E-state index in [0.717, 1.165) is 24.2 Å². The van der Waals surface area contributed by atoms with Crippen LogP contribution in [0.15, 0.2) is 67.0 Å². The number of benzene rings is 1. The number of nitrogens with zero attached hydrogens (tertiary/aromatic N) is 3. The molecule has 0 saturated heterocycles. The van der Waals surface area contributed by atoms with Crippen LogP contribution in [0.2, 0.25) is 0 Å². The molecule has 1 aliphatic carbocycles. The molecule has 0 bridgehead atoms. The van der Waals surface area contributed by atoms with Gasteiger partial charge in [0.15, 0.2) is 0 Å². The molecule has 3 heterocycles. The first-order valence-corrected chi connectivity index (χ1v) is 8.78. The summed E-state index contributed by atoms with van der Waals surface area (Å²) >= 11 is 0. The maximum atomic E-state index is 16.8. The molecule has 3 aromatic heterocycles. The zero-order valence-corrected chi connectivity index (χ0v) is 14.1. The largest absolute Gasteiger partial charge is 0.342 e. The maximum absolute atomic E-state index is 16.8. The number of pyridine rings is 2. The summed E-state index contributed by atoms with van der Waals surface area (Å²) in [6.45, 7) is 0. The minimum Gasteiger partial charge on any atom is -0.342 e. The van der Waals surface area contributed by atoms with Crippen LogP contribution in [0.25, 0.3) is 11.0 Å². The van der Waals surface area contributed by atoms with Crippen molar-refractivity contribution in [2.24, 2.45) is 0 Å². The number of halogens is 1. The van der Waals surface area contributed by atoms with Gasteiger partial charge in [-0.25, -0.2) is 9.37 Å². The normalized spacial score (nSPS) is 14.7. The summed E-state index contributed by atoms with van der Waals surface area (Å²) in [6.07, 6.45) is 5.48.